The van der Waals surface area contributed by atoms with E-state index in [1.807, 2.05) is 0 Å². The fourth-order valence-electron chi connectivity index (χ4n) is 10.8. The Balaban J connectivity index is 1.14. The van der Waals surface area contributed by atoms with Crippen molar-refractivity contribution in [2.24, 2.45) is 0 Å². The molecule has 4 nitrogen and oxygen atoms in total. The summed E-state index contributed by atoms with van der Waals surface area (Å²) < 4.78 is 0. The maximum absolute atomic E-state index is 2.52. The number of hydrogen-bond donors (Lipinski definition) is 0. The van der Waals surface area contributed by atoms with Gasteiger partial charge in [0.1, 0.15) is 0 Å². The molecule has 0 unspecified atom stereocenters. The molecule has 10 aromatic carbocycles. The Hall–Kier alpha value is -8.54. The zero-order valence-corrected chi connectivity index (χ0v) is 41.2. The summed E-state index contributed by atoms with van der Waals surface area (Å²) in [5, 5.41) is 0. The number of para-hydroxylation sites is 2. The van der Waals surface area contributed by atoms with Crippen LogP contribution in [-0.2, 0) is 0 Å². The normalized spacial score (nSPS) is 12.3. The number of nitrogens with zero attached hydrogens (tertiary/aromatic N) is 4. The van der Waals surface area contributed by atoms with Crippen LogP contribution in [0.1, 0.15) is 33.4 Å². The highest BCUT2D eigenvalue weighted by atomic mass is 15.2. The van der Waals surface area contributed by atoms with Gasteiger partial charge < -0.3 is 19.6 Å². The molecule has 0 spiro atoms. The van der Waals surface area contributed by atoms with E-state index in [1.165, 1.54) is 66.7 Å². The van der Waals surface area contributed by atoms with Gasteiger partial charge in [0, 0.05) is 62.4 Å². The van der Waals surface area contributed by atoms with Crippen molar-refractivity contribution < 1.29 is 0 Å². The van der Waals surface area contributed by atoms with E-state index in [0.717, 1.165) is 62.4 Å². The minimum Gasteiger partial charge on any atom is -0.311 e. The zero-order valence-electron chi connectivity index (χ0n) is 41.2. The molecule has 0 aliphatic carbocycles. The molecule has 0 saturated carbocycles. The molecule has 0 saturated heterocycles. The first kappa shape index (κ1) is 43.7. The fraction of sp³-hybridized carbons (Fsp3) is 0.0909. The number of benzene rings is 10. The van der Waals surface area contributed by atoms with Gasteiger partial charge in [-0.05, 0) is 167 Å². The van der Waals surface area contributed by atoms with Crippen LogP contribution < -0.4 is 36.0 Å². The topological polar surface area (TPSA) is 13.0 Å². The third-order valence-electron chi connectivity index (χ3n) is 14.4. The van der Waals surface area contributed by atoms with E-state index in [2.05, 4.69) is 286 Å². The van der Waals surface area contributed by atoms with Crippen molar-refractivity contribution in [2.45, 2.75) is 41.5 Å². The first-order valence-corrected chi connectivity index (χ1v) is 24.8. The molecular weight excluding hydrogens is 860 g/mol. The predicted molar refractivity (Wildman–Crippen MR) is 304 cm³/mol. The third-order valence-corrected chi connectivity index (χ3v) is 14.4. The van der Waals surface area contributed by atoms with Gasteiger partial charge in [0.05, 0.1) is 11.4 Å². The van der Waals surface area contributed by atoms with Crippen molar-refractivity contribution in [3.05, 3.63) is 258 Å². The summed E-state index contributed by atoms with van der Waals surface area (Å²) in [6.07, 6.45) is 0. The van der Waals surface area contributed by atoms with Gasteiger partial charge in [-0.2, -0.15) is 0 Å². The highest BCUT2D eigenvalue weighted by Gasteiger charge is 2.44. The first-order chi connectivity index (χ1) is 34.7. The Morgan fingerprint density at radius 3 is 1.24 bits per heavy atom. The fourth-order valence-corrected chi connectivity index (χ4v) is 10.8. The number of fused-ring (bicyclic) bond motifs is 4. The standard InChI is InChI=1S/C66H55BN4/c1-44-16-28-52(29-17-44)68(53-30-18-45(2)19-31-53)57-42-64-66-65(43-57)71(56-36-24-48(5)25-37-56)62-38-26-49(6)40-59(62)67(66)60-41-50(27-39-63(60)70(64)51-12-8-7-9-13-51)58-14-10-11-15-61(58)69(54-32-20-46(3)21-33-54)55-34-22-47(4)23-35-55/h7-43H,1-6H3. The highest BCUT2D eigenvalue weighted by molar-refractivity contribution is 7.00. The van der Waals surface area contributed by atoms with E-state index < -0.39 is 0 Å². The average Bonchev–Trinajstić information content (AvgIpc) is 3.39. The van der Waals surface area contributed by atoms with Crippen LogP contribution in [0.2, 0.25) is 0 Å². The molecule has 0 aromatic heterocycles. The van der Waals surface area contributed by atoms with Gasteiger partial charge in [-0.25, -0.2) is 0 Å². The molecule has 2 aliphatic rings. The molecule has 0 bridgehead atoms. The van der Waals surface area contributed by atoms with Gasteiger partial charge in [0.25, 0.3) is 6.71 Å². The number of aryl methyl sites for hydroxylation is 6. The molecule has 0 radical (unpaired) electrons. The van der Waals surface area contributed by atoms with Crippen molar-refractivity contribution in [3.63, 3.8) is 0 Å². The number of hydrogen-bond acceptors (Lipinski definition) is 4. The summed E-state index contributed by atoms with van der Waals surface area (Å²) in [5.41, 5.74) is 27.1. The van der Waals surface area contributed by atoms with E-state index in [0.29, 0.717) is 0 Å². The summed E-state index contributed by atoms with van der Waals surface area (Å²) >= 11 is 0. The van der Waals surface area contributed by atoms with E-state index in [4.69, 9.17) is 0 Å². The van der Waals surface area contributed by atoms with Gasteiger partial charge >= 0.3 is 0 Å². The van der Waals surface area contributed by atoms with E-state index in [-0.39, 0.29) is 6.71 Å². The lowest BCUT2D eigenvalue weighted by Gasteiger charge is -2.45. The molecule has 5 heteroatoms. The lowest BCUT2D eigenvalue weighted by atomic mass is 9.33. The number of rotatable bonds is 9. The van der Waals surface area contributed by atoms with Crippen LogP contribution in [0.5, 0.6) is 0 Å². The van der Waals surface area contributed by atoms with E-state index in [9.17, 15) is 0 Å². The van der Waals surface area contributed by atoms with Crippen LogP contribution in [0.15, 0.2) is 224 Å². The lowest BCUT2D eigenvalue weighted by molar-refractivity contribution is 1.22. The highest BCUT2D eigenvalue weighted by Crippen LogP contribution is 2.49. The van der Waals surface area contributed by atoms with Crippen LogP contribution >= 0.6 is 0 Å². The molecule has 12 rings (SSSR count). The molecule has 0 N–H and O–H groups in total. The summed E-state index contributed by atoms with van der Waals surface area (Å²) in [6, 6.07) is 83.7. The Morgan fingerprint density at radius 2 is 0.718 bits per heavy atom. The predicted octanol–water partition coefficient (Wildman–Crippen LogP) is 16.2. The second-order valence-corrected chi connectivity index (χ2v) is 19.5. The first-order valence-electron chi connectivity index (χ1n) is 24.8. The minimum atomic E-state index is -0.0785. The molecule has 2 heterocycles. The Morgan fingerprint density at radius 1 is 0.310 bits per heavy atom. The smallest absolute Gasteiger partial charge is 0.252 e. The monoisotopic (exact) mass is 914 g/mol. The molecule has 0 fully saturated rings. The third kappa shape index (κ3) is 7.84. The van der Waals surface area contributed by atoms with E-state index in [1.54, 1.807) is 0 Å². The molecule has 10 aromatic rings. The van der Waals surface area contributed by atoms with Crippen molar-refractivity contribution in [1.82, 2.24) is 0 Å². The largest absolute Gasteiger partial charge is 0.311 e. The van der Waals surface area contributed by atoms with Crippen LogP contribution in [-0.4, -0.2) is 6.71 Å². The molecule has 342 valence electrons. The van der Waals surface area contributed by atoms with Crippen molar-refractivity contribution in [3.8, 4) is 11.1 Å². The second kappa shape index (κ2) is 17.8. The van der Waals surface area contributed by atoms with Crippen LogP contribution in [0.3, 0.4) is 0 Å². The molecule has 2 aliphatic heterocycles. The Bertz CT molecular complexity index is 3500. The molecule has 0 atom stereocenters. The van der Waals surface area contributed by atoms with E-state index >= 15 is 0 Å². The molecule has 0 amide bonds. The van der Waals surface area contributed by atoms with Gasteiger partial charge in [-0.1, -0.05) is 155 Å². The maximum atomic E-state index is 2.52. The van der Waals surface area contributed by atoms with Gasteiger partial charge in [-0.3, -0.25) is 0 Å². The van der Waals surface area contributed by atoms with Crippen molar-refractivity contribution in [1.29, 1.82) is 0 Å². The van der Waals surface area contributed by atoms with Gasteiger partial charge in [0.2, 0.25) is 0 Å². The van der Waals surface area contributed by atoms with Gasteiger partial charge in [0.15, 0.2) is 0 Å². The second-order valence-electron chi connectivity index (χ2n) is 19.5. The van der Waals surface area contributed by atoms with Gasteiger partial charge in [-0.15, -0.1) is 0 Å². The Kier molecular flexibility index (Phi) is 10.9. The minimum absolute atomic E-state index is 0.0785. The summed E-state index contributed by atoms with van der Waals surface area (Å²) in [4.78, 5) is 9.87. The number of anilines is 12. The lowest BCUT2D eigenvalue weighted by Crippen LogP contribution is -2.61. The van der Waals surface area contributed by atoms with Crippen LogP contribution in [0.25, 0.3) is 11.1 Å². The van der Waals surface area contributed by atoms with Crippen molar-refractivity contribution in [2.75, 3.05) is 19.6 Å². The van der Waals surface area contributed by atoms with Crippen LogP contribution in [0.4, 0.5) is 68.2 Å². The summed E-state index contributed by atoms with van der Waals surface area (Å²) in [6.45, 7) is 12.9. The average molecular weight is 915 g/mol. The zero-order chi connectivity index (χ0) is 48.3. The summed E-state index contributed by atoms with van der Waals surface area (Å²) in [7, 11) is 0. The molecule has 71 heavy (non-hydrogen) atoms. The quantitative estimate of drug-likeness (QED) is 0.134. The SMILES string of the molecule is Cc1ccc(N(c2ccc(C)cc2)c2cc3c4c(c2)N(c2ccccc2)c2ccc(-c5ccccc5N(c5ccc(C)cc5)c5ccc(C)cc5)cc2B4c2cc(C)ccc2N3c2ccc(C)cc2)cc1. The van der Waals surface area contributed by atoms with Crippen molar-refractivity contribution >= 4 is 91.3 Å². The molecular formula is C66H55BN4. The maximum Gasteiger partial charge on any atom is 0.252 e. The van der Waals surface area contributed by atoms with Crippen LogP contribution in [0, 0.1) is 41.5 Å². The Labute approximate surface area is 419 Å². The summed E-state index contributed by atoms with van der Waals surface area (Å²) in [5.74, 6) is 0.